The van der Waals surface area contributed by atoms with Gasteiger partial charge in [-0.2, -0.15) is 0 Å². The van der Waals surface area contributed by atoms with Crippen molar-refractivity contribution in [3.05, 3.63) is 0 Å². The highest BCUT2D eigenvalue weighted by molar-refractivity contribution is 4.73. The molecule has 0 heterocycles. The SMILES string of the molecule is CC(C)(C)OCC(O)C(C)(C)C. The Morgan fingerprint density at radius 1 is 1.08 bits per heavy atom. The molecular weight excluding hydrogens is 152 g/mol. The molecule has 0 aromatic carbocycles. The third kappa shape index (κ3) is 5.56. The van der Waals surface area contributed by atoms with Gasteiger partial charge in [0, 0.05) is 0 Å². The number of aliphatic hydroxyl groups excluding tert-OH is 1. The van der Waals surface area contributed by atoms with Crippen LogP contribution in [0.3, 0.4) is 0 Å². The molecule has 0 aliphatic heterocycles. The molecule has 12 heavy (non-hydrogen) atoms. The van der Waals surface area contributed by atoms with Crippen molar-refractivity contribution in [3.8, 4) is 0 Å². The first kappa shape index (κ1) is 11.9. The molecule has 0 fully saturated rings. The van der Waals surface area contributed by atoms with Gasteiger partial charge in [-0.15, -0.1) is 0 Å². The van der Waals surface area contributed by atoms with E-state index in [2.05, 4.69) is 0 Å². The molecule has 0 bridgehead atoms. The van der Waals surface area contributed by atoms with Crippen LogP contribution in [0.1, 0.15) is 41.5 Å². The Hall–Kier alpha value is -0.0800. The van der Waals surface area contributed by atoms with Crippen LogP contribution in [0.4, 0.5) is 0 Å². The minimum atomic E-state index is -0.392. The Bertz CT molecular complexity index is 128. The van der Waals surface area contributed by atoms with Crippen LogP contribution in [-0.4, -0.2) is 23.4 Å². The molecule has 1 unspecified atom stereocenters. The Balaban J connectivity index is 3.80. The fourth-order valence-corrected chi connectivity index (χ4v) is 0.579. The predicted molar refractivity (Wildman–Crippen MR) is 51.2 cm³/mol. The molecule has 0 aliphatic rings. The summed E-state index contributed by atoms with van der Waals surface area (Å²) in [6.45, 7) is 12.4. The summed E-state index contributed by atoms with van der Waals surface area (Å²) in [7, 11) is 0. The minimum Gasteiger partial charge on any atom is -0.390 e. The summed E-state index contributed by atoms with van der Waals surface area (Å²) in [5.41, 5.74) is -0.252. The highest BCUT2D eigenvalue weighted by Crippen LogP contribution is 2.20. The summed E-state index contributed by atoms with van der Waals surface area (Å²) in [5, 5.41) is 9.62. The van der Waals surface area contributed by atoms with Gasteiger partial charge in [-0.1, -0.05) is 20.8 Å². The second-order valence-corrected chi connectivity index (χ2v) is 5.31. The molecule has 2 heteroatoms. The van der Waals surface area contributed by atoms with Crippen LogP contribution in [0.2, 0.25) is 0 Å². The van der Waals surface area contributed by atoms with Gasteiger partial charge < -0.3 is 9.84 Å². The van der Waals surface area contributed by atoms with Gasteiger partial charge in [0.05, 0.1) is 18.3 Å². The normalized spacial score (nSPS) is 16.2. The molecule has 0 aliphatic carbocycles. The van der Waals surface area contributed by atoms with Crippen LogP contribution in [0.5, 0.6) is 0 Å². The molecule has 1 atom stereocenters. The van der Waals surface area contributed by atoms with E-state index in [9.17, 15) is 5.11 Å². The standard InChI is InChI=1S/C10H22O2/c1-9(2,3)8(11)7-12-10(4,5)6/h8,11H,7H2,1-6H3. The Morgan fingerprint density at radius 2 is 1.50 bits per heavy atom. The molecule has 0 amide bonds. The summed E-state index contributed by atoms with van der Waals surface area (Å²) < 4.78 is 5.47. The van der Waals surface area contributed by atoms with E-state index in [1.165, 1.54) is 0 Å². The zero-order chi connectivity index (χ0) is 9.99. The maximum atomic E-state index is 9.62. The molecule has 0 radical (unpaired) electrons. The van der Waals surface area contributed by atoms with E-state index in [-0.39, 0.29) is 11.0 Å². The van der Waals surface area contributed by atoms with E-state index >= 15 is 0 Å². The molecule has 2 nitrogen and oxygen atoms in total. The lowest BCUT2D eigenvalue weighted by atomic mass is 9.90. The average molecular weight is 174 g/mol. The van der Waals surface area contributed by atoms with Crippen molar-refractivity contribution < 1.29 is 9.84 Å². The lowest BCUT2D eigenvalue weighted by Gasteiger charge is -2.29. The highest BCUT2D eigenvalue weighted by atomic mass is 16.5. The molecule has 74 valence electrons. The number of ether oxygens (including phenoxy) is 1. The van der Waals surface area contributed by atoms with Crippen LogP contribution in [0, 0.1) is 5.41 Å². The first-order chi connectivity index (χ1) is 5.13. The average Bonchev–Trinajstić information content (AvgIpc) is 1.78. The van der Waals surface area contributed by atoms with Crippen molar-refractivity contribution in [3.63, 3.8) is 0 Å². The van der Waals surface area contributed by atoms with E-state index in [0.717, 1.165) is 0 Å². The molecule has 0 aromatic heterocycles. The van der Waals surface area contributed by atoms with E-state index in [0.29, 0.717) is 6.61 Å². The second kappa shape index (κ2) is 3.75. The Kier molecular flexibility index (Phi) is 3.73. The number of hydrogen-bond donors (Lipinski definition) is 1. The maximum Gasteiger partial charge on any atom is 0.0822 e. The molecule has 0 spiro atoms. The first-order valence-electron chi connectivity index (χ1n) is 4.45. The molecule has 1 N–H and O–H groups in total. The summed E-state index contributed by atoms with van der Waals surface area (Å²) >= 11 is 0. The van der Waals surface area contributed by atoms with Gasteiger partial charge in [0.15, 0.2) is 0 Å². The van der Waals surface area contributed by atoms with Gasteiger partial charge in [0.2, 0.25) is 0 Å². The topological polar surface area (TPSA) is 29.5 Å². The van der Waals surface area contributed by atoms with Crippen LogP contribution in [0.15, 0.2) is 0 Å². The van der Waals surface area contributed by atoms with E-state index in [1.807, 2.05) is 41.5 Å². The third-order valence-corrected chi connectivity index (χ3v) is 1.67. The van der Waals surface area contributed by atoms with Crippen molar-refractivity contribution in [2.24, 2.45) is 5.41 Å². The molecule has 0 saturated heterocycles. The van der Waals surface area contributed by atoms with E-state index in [1.54, 1.807) is 0 Å². The molecule has 0 saturated carbocycles. The van der Waals surface area contributed by atoms with Gasteiger partial charge >= 0.3 is 0 Å². The fraction of sp³-hybridized carbons (Fsp3) is 1.00. The zero-order valence-electron chi connectivity index (χ0n) is 9.14. The van der Waals surface area contributed by atoms with Crippen LogP contribution in [0.25, 0.3) is 0 Å². The summed E-state index contributed by atoms with van der Waals surface area (Å²) in [6.07, 6.45) is -0.392. The summed E-state index contributed by atoms with van der Waals surface area (Å²) in [4.78, 5) is 0. The number of hydrogen-bond acceptors (Lipinski definition) is 2. The minimum absolute atomic E-state index is 0.0920. The second-order valence-electron chi connectivity index (χ2n) is 5.31. The first-order valence-corrected chi connectivity index (χ1v) is 4.45. The quantitative estimate of drug-likeness (QED) is 0.695. The van der Waals surface area contributed by atoms with Gasteiger partial charge in [-0.05, 0) is 26.2 Å². The van der Waals surface area contributed by atoms with Crippen LogP contribution < -0.4 is 0 Å². The van der Waals surface area contributed by atoms with Crippen molar-refractivity contribution in [2.75, 3.05) is 6.61 Å². The fourth-order valence-electron chi connectivity index (χ4n) is 0.579. The smallest absolute Gasteiger partial charge is 0.0822 e. The summed E-state index contributed by atoms with van der Waals surface area (Å²) in [6, 6.07) is 0. The summed E-state index contributed by atoms with van der Waals surface area (Å²) in [5.74, 6) is 0. The van der Waals surface area contributed by atoms with E-state index in [4.69, 9.17) is 4.74 Å². The van der Waals surface area contributed by atoms with Crippen LogP contribution in [-0.2, 0) is 4.74 Å². The third-order valence-electron chi connectivity index (χ3n) is 1.67. The maximum absolute atomic E-state index is 9.62. The number of rotatable bonds is 2. The van der Waals surface area contributed by atoms with Crippen molar-refractivity contribution >= 4 is 0 Å². The van der Waals surface area contributed by atoms with Gasteiger partial charge in [-0.25, -0.2) is 0 Å². The number of aliphatic hydroxyl groups is 1. The lowest BCUT2D eigenvalue weighted by molar-refractivity contribution is -0.0782. The zero-order valence-corrected chi connectivity index (χ0v) is 9.14. The predicted octanol–water partition coefficient (Wildman–Crippen LogP) is 2.21. The van der Waals surface area contributed by atoms with Crippen molar-refractivity contribution in [2.45, 2.75) is 53.2 Å². The highest BCUT2D eigenvalue weighted by Gasteiger charge is 2.24. The Morgan fingerprint density at radius 3 is 1.75 bits per heavy atom. The van der Waals surface area contributed by atoms with E-state index < -0.39 is 6.10 Å². The van der Waals surface area contributed by atoms with Gasteiger partial charge in [0.25, 0.3) is 0 Å². The van der Waals surface area contributed by atoms with Crippen molar-refractivity contribution in [1.82, 2.24) is 0 Å². The van der Waals surface area contributed by atoms with Gasteiger partial charge in [-0.3, -0.25) is 0 Å². The Labute approximate surface area is 75.9 Å². The van der Waals surface area contributed by atoms with Crippen molar-refractivity contribution in [1.29, 1.82) is 0 Å². The lowest BCUT2D eigenvalue weighted by Crippen LogP contribution is -2.34. The largest absolute Gasteiger partial charge is 0.390 e. The van der Waals surface area contributed by atoms with Crippen LogP contribution >= 0.6 is 0 Å². The van der Waals surface area contributed by atoms with Gasteiger partial charge in [0.1, 0.15) is 0 Å². The molecular formula is C10H22O2. The molecule has 0 aromatic rings. The monoisotopic (exact) mass is 174 g/mol. The molecule has 0 rings (SSSR count).